The lowest BCUT2D eigenvalue weighted by molar-refractivity contribution is -0.140. The molecule has 0 aliphatic carbocycles. The Morgan fingerprint density at radius 1 is 1.27 bits per heavy atom. The van der Waals surface area contributed by atoms with Crippen molar-refractivity contribution in [1.29, 1.82) is 0 Å². The number of ether oxygens (including phenoxy) is 1. The Morgan fingerprint density at radius 3 is 2.58 bits per heavy atom. The number of carbonyl (C=O) groups is 1. The van der Waals surface area contributed by atoms with Gasteiger partial charge in [0.2, 0.25) is 0 Å². The van der Waals surface area contributed by atoms with Crippen LogP contribution < -0.4 is 4.90 Å². The Hall–Kier alpha value is -2.38. The molecule has 0 fully saturated rings. The second kappa shape index (κ2) is 6.10. The fraction of sp³-hybridized carbons (Fsp3) is 0.316. The van der Waals surface area contributed by atoms with Crippen molar-refractivity contribution in [1.82, 2.24) is 0 Å². The first-order valence-corrected chi connectivity index (χ1v) is 9.62. The zero-order valence-electron chi connectivity index (χ0n) is 14.9. The van der Waals surface area contributed by atoms with Gasteiger partial charge < -0.3 is 9.64 Å². The molecule has 0 saturated carbocycles. The maximum absolute atomic E-state index is 11.4. The quantitative estimate of drug-likeness (QED) is 0.652. The molecule has 6 nitrogen and oxygen atoms in total. The van der Waals surface area contributed by atoms with Crippen LogP contribution in [0.2, 0.25) is 0 Å². The summed E-state index contributed by atoms with van der Waals surface area (Å²) < 4.78 is 37.2. The van der Waals surface area contributed by atoms with Gasteiger partial charge in [-0.2, -0.15) is 8.42 Å². The summed E-state index contributed by atoms with van der Waals surface area (Å²) in [5, 5.41) is 1.62. The molecule has 0 saturated heterocycles. The third-order valence-corrected chi connectivity index (χ3v) is 5.70. The number of fused-ring (bicyclic) bond motifs is 3. The predicted octanol–water partition coefficient (Wildman–Crippen LogP) is 3.26. The number of nitrogens with zero attached hydrogens (tertiary/aromatic N) is 1. The van der Waals surface area contributed by atoms with Crippen molar-refractivity contribution in [2.24, 2.45) is 0 Å². The zero-order chi connectivity index (χ0) is 19.3. The molecule has 7 heteroatoms. The lowest BCUT2D eigenvalue weighted by Gasteiger charge is -2.25. The summed E-state index contributed by atoms with van der Waals surface area (Å²) in [4.78, 5) is 12.9. The highest BCUT2D eigenvalue weighted by atomic mass is 32.2. The van der Waals surface area contributed by atoms with Crippen LogP contribution in [0.3, 0.4) is 0 Å². The smallest absolute Gasteiger partial charge is 0.302 e. The van der Waals surface area contributed by atoms with Gasteiger partial charge in [-0.1, -0.05) is 32.6 Å². The van der Waals surface area contributed by atoms with E-state index >= 15 is 0 Å². The molecule has 0 unspecified atom stereocenters. The van der Waals surface area contributed by atoms with Crippen molar-refractivity contribution in [3.63, 3.8) is 0 Å². The molecule has 1 heterocycles. The first-order valence-electron chi connectivity index (χ1n) is 8.18. The van der Waals surface area contributed by atoms with E-state index in [9.17, 15) is 17.8 Å². The van der Waals surface area contributed by atoms with E-state index in [1.165, 1.54) is 19.1 Å². The summed E-state index contributed by atoms with van der Waals surface area (Å²) in [6.45, 7) is 10.4. The van der Waals surface area contributed by atoms with E-state index in [0.29, 0.717) is 6.54 Å². The Labute approximate surface area is 152 Å². The minimum atomic E-state index is -4.26. The number of rotatable bonds is 4. The van der Waals surface area contributed by atoms with Crippen molar-refractivity contribution in [2.75, 3.05) is 18.1 Å². The molecule has 26 heavy (non-hydrogen) atoms. The van der Waals surface area contributed by atoms with Gasteiger partial charge in [0.15, 0.2) is 0 Å². The summed E-state index contributed by atoms with van der Waals surface area (Å²) in [6.07, 6.45) is 0. The number of hydrogen-bond donors (Lipinski definition) is 1. The first-order chi connectivity index (χ1) is 12.0. The number of anilines is 1. The molecule has 3 rings (SSSR count). The molecule has 0 spiro atoms. The number of benzene rings is 2. The lowest BCUT2D eigenvalue weighted by Crippen LogP contribution is -2.28. The van der Waals surface area contributed by atoms with Crippen LogP contribution in [-0.4, -0.2) is 32.1 Å². The topological polar surface area (TPSA) is 83.9 Å². The van der Waals surface area contributed by atoms with Crippen LogP contribution in [0.5, 0.6) is 0 Å². The van der Waals surface area contributed by atoms with Crippen LogP contribution in [0.15, 0.2) is 47.5 Å². The molecule has 0 amide bonds. The van der Waals surface area contributed by atoms with Gasteiger partial charge in [0.25, 0.3) is 10.1 Å². The van der Waals surface area contributed by atoms with E-state index in [4.69, 9.17) is 4.74 Å². The zero-order valence-corrected chi connectivity index (χ0v) is 15.8. The van der Waals surface area contributed by atoms with Crippen LogP contribution in [-0.2, 0) is 25.1 Å². The molecule has 0 aromatic heterocycles. The molecule has 2 aromatic rings. The SMILES string of the molecule is C=C1N(CCOC(C)=O)c2ccc3cc(S(=O)(=O)O)ccc3c2C1(C)C. The molecule has 1 aliphatic rings. The molecular formula is C19H21NO5S. The highest BCUT2D eigenvalue weighted by Gasteiger charge is 2.40. The summed E-state index contributed by atoms with van der Waals surface area (Å²) in [5.41, 5.74) is 2.50. The van der Waals surface area contributed by atoms with Crippen LogP contribution in [0.25, 0.3) is 10.8 Å². The van der Waals surface area contributed by atoms with Gasteiger partial charge in [0, 0.05) is 23.7 Å². The number of esters is 1. The van der Waals surface area contributed by atoms with Crippen molar-refractivity contribution in [3.8, 4) is 0 Å². The Balaban J connectivity index is 2.12. The van der Waals surface area contributed by atoms with Gasteiger partial charge in [0.1, 0.15) is 6.61 Å². The second-order valence-corrected chi connectivity index (χ2v) is 8.30. The molecule has 0 radical (unpaired) electrons. The van der Waals surface area contributed by atoms with E-state index in [1.54, 1.807) is 6.07 Å². The van der Waals surface area contributed by atoms with Crippen molar-refractivity contribution in [3.05, 3.63) is 48.2 Å². The predicted molar refractivity (Wildman–Crippen MR) is 99.9 cm³/mol. The molecule has 2 aromatic carbocycles. The van der Waals surface area contributed by atoms with E-state index in [0.717, 1.165) is 27.7 Å². The number of carbonyl (C=O) groups excluding carboxylic acids is 1. The van der Waals surface area contributed by atoms with E-state index in [-0.39, 0.29) is 22.9 Å². The van der Waals surface area contributed by atoms with Gasteiger partial charge in [-0.3, -0.25) is 9.35 Å². The minimum absolute atomic E-state index is 0.133. The summed E-state index contributed by atoms with van der Waals surface area (Å²) in [5.74, 6) is -0.328. The van der Waals surface area contributed by atoms with Crippen LogP contribution >= 0.6 is 0 Å². The average Bonchev–Trinajstić information content (AvgIpc) is 2.74. The van der Waals surface area contributed by atoms with Crippen molar-refractivity contribution in [2.45, 2.75) is 31.1 Å². The highest BCUT2D eigenvalue weighted by molar-refractivity contribution is 7.85. The monoisotopic (exact) mass is 375 g/mol. The lowest BCUT2D eigenvalue weighted by atomic mass is 9.82. The van der Waals surface area contributed by atoms with Gasteiger partial charge >= 0.3 is 5.97 Å². The largest absolute Gasteiger partial charge is 0.464 e. The summed E-state index contributed by atoms with van der Waals surface area (Å²) in [7, 11) is -4.26. The molecule has 0 atom stereocenters. The van der Waals surface area contributed by atoms with Gasteiger partial charge in [-0.25, -0.2) is 0 Å². The van der Waals surface area contributed by atoms with Crippen LogP contribution in [0.1, 0.15) is 26.3 Å². The fourth-order valence-electron chi connectivity index (χ4n) is 3.50. The Morgan fingerprint density at radius 2 is 1.96 bits per heavy atom. The number of allylic oxidation sites excluding steroid dienone is 1. The Bertz CT molecular complexity index is 1020. The molecule has 1 aliphatic heterocycles. The van der Waals surface area contributed by atoms with Gasteiger partial charge in [-0.15, -0.1) is 0 Å². The first kappa shape index (κ1) is 18.4. The Kier molecular flexibility index (Phi) is 4.32. The summed E-state index contributed by atoms with van der Waals surface area (Å²) in [6, 6.07) is 8.29. The maximum Gasteiger partial charge on any atom is 0.302 e. The van der Waals surface area contributed by atoms with E-state index in [1.807, 2.05) is 17.0 Å². The normalized spacial score (nSPS) is 16.0. The van der Waals surface area contributed by atoms with Crippen molar-refractivity contribution < 1.29 is 22.5 Å². The van der Waals surface area contributed by atoms with Crippen LogP contribution in [0, 0.1) is 0 Å². The molecule has 0 bridgehead atoms. The maximum atomic E-state index is 11.4. The fourth-order valence-corrected chi connectivity index (χ4v) is 4.02. The molecule has 1 N–H and O–H groups in total. The number of hydrogen-bond acceptors (Lipinski definition) is 5. The van der Waals surface area contributed by atoms with Crippen molar-refractivity contribution >= 4 is 32.5 Å². The van der Waals surface area contributed by atoms with Gasteiger partial charge in [0.05, 0.1) is 11.4 Å². The second-order valence-electron chi connectivity index (χ2n) is 6.88. The average molecular weight is 375 g/mol. The van der Waals surface area contributed by atoms with E-state index in [2.05, 4.69) is 20.4 Å². The minimum Gasteiger partial charge on any atom is -0.464 e. The third kappa shape index (κ3) is 2.97. The van der Waals surface area contributed by atoms with Gasteiger partial charge in [-0.05, 0) is 34.5 Å². The third-order valence-electron chi connectivity index (χ3n) is 4.85. The molecular weight excluding hydrogens is 354 g/mol. The van der Waals surface area contributed by atoms with E-state index < -0.39 is 10.1 Å². The summed E-state index contributed by atoms with van der Waals surface area (Å²) >= 11 is 0. The molecule has 138 valence electrons. The standard InChI is InChI=1S/C19H21NO5S/c1-12-19(3,4)18-16-7-6-15(26(22,23)24)11-14(16)5-8-17(18)20(12)9-10-25-13(2)21/h5-8,11H,1,9-10H2,2-4H3,(H,22,23,24). The highest BCUT2D eigenvalue weighted by Crippen LogP contribution is 2.50. The van der Waals surface area contributed by atoms with Crippen LogP contribution in [0.4, 0.5) is 5.69 Å².